The van der Waals surface area contributed by atoms with Gasteiger partial charge in [-0.15, -0.1) is 0 Å². The lowest BCUT2D eigenvalue weighted by Crippen LogP contribution is -2.37. The molecule has 0 bridgehead atoms. The Bertz CT molecular complexity index is 238. The van der Waals surface area contributed by atoms with Crippen LogP contribution in [-0.2, 0) is 0 Å². The maximum atomic E-state index is 12.5. The van der Waals surface area contributed by atoms with Crippen LogP contribution in [0.2, 0.25) is 0 Å². The van der Waals surface area contributed by atoms with E-state index < -0.39 is 12.1 Å². The van der Waals surface area contributed by atoms with E-state index in [1.165, 1.54) is 32.1 Å². The fraction of sp³-hybridized carbons (Fsp3) is 1.00. The second-order valence-corrected chi connectivity index (χ2v) is 5.98. The van der Waals surface area contributed by atoms with Crippen molar-refractivity contribution in [1.29, 1.82) is 0 Å². The Balaban J connectivity index is 1.58. The largest absolute Gasteiger partial charge is 0.391 e. The normalized spacial score (nSPS) is 30.8. The number of hydrogen-bond donors (Lipinski definition) is 1. The summed E-state index contributed by atoms with van der Waals surface area (Å²) in [5.74, 6) is -0.186. The van der Waals surface area contributed by atoms with E-state index in [4.69, 9.17) is 0 Å². The summed E-state index contributed by atoms with van der Waals surface area (Å²) in [7, 11) is 0. The molecular weight excluding hydrogens is 239 g/mol. The zero-order valence-corrected chi connectivity index (χ0v) is 10.9. The topological polar surface area (TPSA) is 12.0 Å². The molecule has 0 amide bonds. The predicted molar refractivity (Wildman–Crippen MR) is 66.4 cm³/mol. The van der Waals surface area contributed by atoms with Crippen molar-refractivity contribution >= 4 is 0 Å². The van der Waals surface area contributed by atoms with Crippen molar-refractivity contribution in [2.45, 2.75) is 70.0 Å². The first kappa shape index (κ1) is 14.2. The average Bonchev–Trinajstić information content (AvgIpc) is 2.82. The van der Waals surface area contributed by atoms with Crippen LogP contribution < -0.4 is 5.32 Å². The number of nitrogens with one attached hydrogen (secondary N) is 1. The van der Waals surface area contributed by atoms with Crippen molar-refractivity contribution in [3.05, 3.63) is 0 Å². The molecular formula is C14H24F3N. The minimum absolute atomic E-state index is 0.310. The minimum atomic E-state index is -3.98. The molecule has 0 aromatic heterocycles. The minimum Gasteiger partial charge on any atom is -0.314 e. The van der Waals surface area contributed by atoms with Gasteiger partial charge in [-0.25, -0.2) is 0 Å². The van der Waals surface area contributed by atoms with Crippen LogP contribution in [0, 0.1) is 11.8 Å². The summed E-state index contributed by atoms with van der Waals surface area (Å²) < 4.78 is 37.5. The second kappa shape index (κ2) is 6.27. The molecule has 0 aliphatic heterocycles. The van der Waals surface area contributed by atoms with Crippen molar-refractivity contribution in [2.75, 3.05) is 6.54 Å². The van der Waals surface area contributed by atoms with E-state index in [-0.39, 0.29) is 0 Å². The Kier molecular flexibility index (Phi) is 4.93. The quantitative estimate of drug-likeness (QED) is 0.798. The maximum Gasteiger partial charge on any atom is 0.391 e. The molecule has 2 rings (SSSR count). The van der Waals surface area contributed by atoms with Crippen LogP contribution in [0.3, 0.4) is 0 Å². The molecule has 0 aromatic carbocycles. The van der Waals surface area contributed by atoms with Crippen molar-refractivity contribution < 1.29 is 13.2 Å². The summed E-state index contributed by atoms with van der Waals surface area (Å²) >= 11 is 0. The van der Waals surface area contributed by atoms with Gasteiger partial charge in [0.1, 0.15) is 0 Å². The van der Waals surface area contributed by atoms with Gasteiger partial charge in [0.05, 0.1) is 5.92 Å². The fourth-order valence-electron chi connectivity index (χ4n) is 3.42. The molecule has 0 saturated heterocycles. The van der Waals surface area contributed by atoms with Gasteiger partial charge in [-0.1, -0.05) is 25.7 Å². The first-order valence-electron chi connectivity index (χ1n) is 7.36. The Morgan fingerprint density at radius 1 is 0.889 bits per heavy atom. The molecule has 0 heterocycles. The monoisotopic (exact) mass is 263 g/mol. The van der Waals surface area contributed by atoms with Gasteiger partial charge >= 0.3 is 6.18 Å². The molecule has 0 unspecified atom stereocenters. The van der Waals surface area contributed by atoms with E-state index in [9.17, 15) is 13.2 Å². The predicted octanol–water partition coefficient (Wildman–Crippen LogP) is 4.28. The summed E-state index contributed by atoms with van der Waals surface area (Å²) in [4.78, 5) is 0. The van der Waals surface area contributed by atoms with Crippen LogP contribution in [0.1, 0.15) is 57.8 Å². The lowest BCUT2D eigenvalue weighted by molar-refractivity contribution is -0.182. The van der Waals surface area contributed by atoms with Gasteiger partial charge in [0.15, 0.2) is 0 Å². The zero-order valence-electron chi connectivity index (χ0n) is 10.9. The van der Waals surface area contributed by atoms with Gasteiger partial charge in [-0.3, -0.25) is 0 Å². The maximum absolute atomic E-state index is 12.5. The second-order valence-electron chi connectivity index (χ2n) is 5.98. The number of halogens is 3. The van der Waals surface area contributed by atoms with Gasteiger partial charge in [0.2, 0.25) is 0 Å². The molecule has 2 fully saturated rings. The highest BCUT2D eigenvalue weighted by Crippen LogP contribution is 2.37. The zero-order chi connectivity index (χ0) is 13.0. The van der Waals surface area contributed by atoms with Gasteiger partial charge < -0.3 is 5.32 Å². The summed E-state index contributed by atoms with van der Waals surface area (Å²) in [6.07, 6.45) is 4.65. The molecule has 2 aliphatic carbocycles. The third kappa shape index (κ3) is 4.15. The molecule has 1 N–H and O–H groups in total. The Labute approximate surface area is 108 Å². The van der Waals surface area contributed by atoms with E-state index in [1.54, 1.807) is 0 Å². The van der Waals surface area contributed by atoms with Crippen LogP contribution in [-0.4, -0.2) is 18.8 Å². The van der Waals surface area contributed by atoms with E-state index in [0.717, 1.165) is 12.5 Å². The highest BCUT2D eigenvalue weighted by Gasteiger charge is 2.41. The Morgan fingerprint density at radius 2 is 1.50 bits per heavy atom. The molecule has 2 saturated carbocycles. The lowest BCUT2D eigenvalue weighted by Gasteiger charge is -2.30. The summed E-state index contributed by atoms with van der Waals surface area (Å²) in [5.41, 5.74) is 0. The first-order chi connectivity index (χ1) is 8.55. The van der Waals surface area contributed by atoms with Crippen LogP contribution >= 0.6 is 0 Å². The number of rotatable bonds is 4. The van der Waals surface area contributed by atoms with Crippen molar-refractivity contribution in [2.24, 2.45) is 11.8 Å². The SMILES string of the molecule is FC(F)(F)C1CCC(NCCC2CCCC2)CC1. The Morgan fingerprint density at radius 3 is 2.06 bits per heavy atom. The standard InChI is InChI=1S/C14H24F3N/c15-14(16,17)12-5-7-13(8-6-12)18-10-9-11-3-1-2-4-11/h11-13,18H,1-10H2. The van der Waals surface area contributed by atoms with Crippen LogP contribution in [0.5, 0.6) is 0 Å². The molecule has 1 nitrogen and oxygen atoms in total. The van der Waals surface area contributed by atoms with Crippen LogP contribution in [0.4, 0.5) is 13.2 Å². The number of alkyl halides is 3. The third-order valence-electron chi connectivity index (χ3n) is 4.65. The van der Waals surface area contributed by atoms with Gasteiger partial charge in [-0.05, 0) is 44.6 Å². The van der Waals surface area contributed by atoms with E-state index in [2.05, 4.69) is 5.32 Å². The smallest absolute Gasteiger partial charge is 0.314 e. The number of hydrogen-bond acceptors (Lipinski definition) is 1. The van der Waals surface area contributed by atoms with Crippen molar-refractivity contribution in [3.63, 3.8) is 0 Å². The molecule has 0 radical (unpaired) electrons. The third-order valence-corrected chi connectivity index (χ3v) is 4.65. The van der Waals surface area contributed by atoms with Crippen LogP contribution in [0.25, 0.3) is 0 Å². The lowest BCUT2D eigenvalue weighted by atomic mass is 9.85. The summed E-state index contributed by atoms with van der Waals surface area (Å²) in [6.45, 7) is 0.992. The molecule has 0 atom stereocenters. The summed E-state index contributed by atoms with van der Waals surface area (Å²) in [6, 6.07) is 0.324. The van der Waals surface area contributed by atoms with Crippen molar-refractivity contribution in [3.8, 4) is 0 Å². The molecule has 18 heavy (non-hydrogen) atoms. The average molecular weight is 263 g/mol. The molecule has 4 heteroatoms. The molecule has 2 aliphatic rings. The highest BCUT2D eigenvalue weighted by molar-refractivity contribution is 4.81. The van der Waals surface area contributed by atoms with E-state index in [0.29, 0.717) is 31.7 Å². The van der Waals surface area contributed by atoms with Crippen LogP contribution in [0.15, 0.2) is 0 Å². The van der Waals surface area contributed by atoms with Gasteiger partial charge in [0, 0.05) is 6.04 Å². The molecule has 0 aromatic rings. The summed E-state index contributed by atoms with van der Waals surface area (Å²) in [5, 5.41) is 3.45. The first-order valence-corrected chi connectivity index (χ1v) is 7.36. The Hall–Kier alpha value is -0.250. The van der Waals surface area contributed by atoms with Gasteiger partial charge in [0.25, 0.3) is 0 Å². The molecule has 0 spiro atoms. The fourth-order valence-corrected chi connectivity index (χ4v) is 3.42. The van der Waals surface area contributed by atoms with E-state index in [1.807, 2.05) is 0 Å². The molecule has 106 valence electrons. The van der Waals surface area contributed by atoms with Crippen molar-refractivity contribution in [1.82, 2.24) is 5.32 Å². The van der Waals surface area contributed by atoms with E-state index >= 15 is 0 Å². The van der Waals surface area contributed by atoms with Gasteiger partial charge in [-0.2, -0.15) is 13.2 Å². The highest BCUT2D eigenvalue weighted by atomic mass is 19.4.